The van der Waals surface area contributed by atoms with Gasteiger partial charge in [0.25, 0.3) is 0 Å². The molecule has 0 saturated heterocycles. The van der Waals surface area contributed by atoms with Gasteiger partial charge in [-0.15, -0.1) is 0 Å². The van der Waals surface area contributed by atoms with Gasteiger partial charge in [0.15, 0.2) is 0 Å². The second kappa shape index (κ2) is 10.5. The lowest BCUT2D eigenvalue weighted by atomic mass is 10.2. The molecule has 0 N–H and O–H groups in total. The second-order valence-corrected chi connectivity index (χ2v) is 21.1. The average molecular weight is 347 g/mol. The van der Waals surface area contributed by atoms with Crippen molar-refractivity contribution in [1.82, 2.24) is 0 Å². The minimum Gasteiger partial charge on any atom is -0.162 e. The summed E-state index contributed by atoms with van der Waals surface area (Å²) < 4.78 is 0. The highest BCUT2D eigenvalue weighted by atomic mass is 32.2. The van der Waals surface area contributed by atoms with Crippen molar-refractivity contribution < 1.29 is 0 Å². The fourth-order valence-electron chi connectivity index (χ4n) is 2.79. The quantitative estimate of drug-likeness (QED) is 0.329. The lowest BCUT2D eigenvalue weighted by Gasteiger charge is -2.32. The first-order valence-electron chi connectivity index (χ1n) is 9.20. The summed E-state index contributed by atoms with van der Waals surface area (Å²) in [5.41, 5.74) is 2.05. The maximum atomic E-state index is 2.57. The Balaban J connectivity index is 4.37. The highest BCUT2D eigenvalue weighted by Crippen LogP contribution is 2.36. The summed E-state index contributed by atoms with van der Waals surface area (Å²) >= 11 is 2.29. The van der Waals surface area contributed by atoms with Crippen LogP contribution in [0.15, 0.2) is 0 Å². The molecule has 0 aliphatic rings. The van der Waals surface area contributed by atoms with Crippen molar-refractivity contribution >= 4 is 27.9 Å². The normalized spacial score (nSPS) is 16.0. The molecule has 0 aliphatic carbocycles. The summed E-state index contributed by atoms with van der Waals surface area (Å²) in [5.74, 6) is 2.87. The van der Waals surface area contributed by atoms with Crippen LogP contribution in [0.1, 0.15) is 52.4 Å². The van der Waals surface area contributed by atoms with Crippen LogP contribution in [0.5, 0.6) is 0 Å². The number of rotatable bonds is 12. The van der Waals surface area contributed by atoms with Crippen molar-refractivity contribution in [2.24, 2.45) is 0 Å². The van der Waals surface area contributed by atoms with Crippen LogP contribution in [0.4, 0.5) is 0 Å². The van der Waals surface area contributed by atoms with Gasteiger partial charge in [0, 0.05) is 16.1 Å². The molecule has 0 aromatic rings. The van der Waals surface area contributed by atoms with Gasteiger partial charge in [-0.3, -0.25) is 0 Å². The molecule has 0 aromatic heterocycles. The molecule has 0 amide bonds. The number of unbranched alkanes of at least 4 members (excludes halogenated alkanes) is 2. The Morgan fingerprint density at radius 1 is 0.667 bits per heavy atom. The molecule has 2 unspecified atom stereocenters. The van der Waals surface area contributed by atoms with Crippen LogP contribution in [-0.4, -0.2) is 27.7 Å². The van der Waals surface area contributed by atoms with Crippen LogP contribution in [0.2, 0.25) is 50.4 Å². The third-order valence-corrected chi connectivity index (χ3v) is 12.7. The Morgan fingerprint density at radius 2 is 1.00 bits per heavy atom. The fraction of sp³-hybridized carbons (Fsp3) is 1.00. The van der Waals surface area contributed by atoms with E-state index < -0.39 is 16.1 Å². The molecule has 0 bridgehead atoms. The molecule has 0 fully saturated rings. The maximum absolute atomic E-state index is 2.57. The van der Waals surface area contributed by atoms with Gasteiger partial charge in [0.1, 0.15) is 0 Å². The molecular formula is C18H42SSi2. The summed E-state index contributed by atoms with van der Waals surface area (Å²) in [6.07, 6.45) is 8.54. The zero-order valence-electron chi connectivity index (χ0n) is 16.2. The summed E-state index contributed by atoms with van der Waals surface area (Å²) in [6.45, 7) is 20.1. The Bertz CT molecular complexity index is 227. The van der Waals surface area contributed by atoms with Crippen LogP contribution in [0, 0.1) is 0 Å². The van der Waals surface area contributed by atoms with Gasteiger partial charge < -0.3 is 0 Å². The van der Waals surface area contributed by atoms with Crippen LogP contribution in [-0.2, 0) is 0 Å². The molecule has 2 atom stereocenters. The van der Waals surface area contributed by atoms with Gasteiger partial charge in [0.2, 0.25) is 0 Å². The Kier molecular flexibility index (Phi) is 10.9. The van der Waals surface area contributed by atoms with Crippen LogP contribution < -0.4 is 0 Å². The zero-order valence-corrected chi connectivity index (χ0v) is 19.0. The van der Waals surface area contributed by atoms with Crippen molar-refractivity contribution in [2.45, 2.75) is 103 Å². The van der Waals surface area contributed by atoms with Crippen molar-refractivity contribution in [3.8, 4) is 0 Å². The monoisotopic (exact) mass is 346 g/mol. The highest BCUT2D eigenvalue weighted by Gasteiger charge is 2.29. The molecule has 0 nitrogen and oxygen atoms in total. The van der Waals surface area contributed by atoms with E-state index in [0.29, 0.717) is 0 Å². The topological polar surface area (TPSA) is 0 Å². The van der Waals surface area contributed by atoms with E-state index in [2.05, 4.69) is 64.9 Å². The first kappa shape index (κ1) is 21.8. The molecule has 0 rings (SSSR count). The van der Waals surface area contributed by atoms with E-state index >= 15 is 0 Å². The van der Waals surface area contributed by atoms with E-state index in [1.807, 2.05) is 0 Å². The molecule has 0 aliphatic heterocycles. The van der Waals surface area contributed by atoms with E-state index in [9.17, 15) is 0 Å². The van der Waals surface area contributed by atoms with Gasteiger partial charge in [0.05, 0.1) is 0 Å². The van der Waals surface area contributed by atoms with E-state index in [-0.39, 0.29) is 0 Å². The smallest absolute Gasteiger partial charge is 0.0482 e. The summed E-state index contributed by atoms with van der Waals surface area (Å²) in [4.78, 5) is 0. The minimum atomic E-state index is -0.977. The fourth-order valence-corrected chi connectivity index (χ4v) is 10.7. The summed E-state index contributed by atoms with van der Waals surface area (Å²) in [6, 6.07) is 0. The zero-order chi connectivity index (χ0) is 16.5. The lowest BCUT2D eigenvalue weighted by Crippen LogP contribution is -2.32. The predicted octanol–water partition coefficient (Wildman–Crippen LogP) is 7.52. The molecule has 0 aromatic carbocycles. The van der Waals surface area contributed by atoms with Crippen LogP contribution in [0.3, 0.4) is 0 Å². The molecule has 128 valence electrons. The molecule has 21 heavy (non-hydrogen) atoms. The molecule has 0 spiro atoms. The second-order valence-electron chi connectivity index (χ2n) is 8.95. The van der Waals surface area contributed by atoms with E-state index in [4.69, 9.17) is 0 Å². The van der Waals surface area contributed by atoms with Gasteiger partial charge in [-0.25, -0.2) is 0 Å². The van der Waals surface area contributed by atoms with Crippen LogP contribution >= 0.6 is 11.8 Å². The molecular weight excluding hydrogens is 304 g/mol. The first-order valence-corrected chi connectivity index (χ1v) is 17.5. The highest BCUT2D eigenvalue weighted by molar-refractivity contribution is 7.99. The largest absolute Gasteiger partial charge is 0.162 e. The van der Waals surface area contributed by atoms with E-state index in [1.165, 1.54) is 50.0 Å². The third kappa shape index (κ3) is 10.2. The number of hydrogen-bond donors (Lipinski definition) is 0. The van der Waals surface area contributed by atoms with Crippen molar-refractivity contribution in [3.63, 3.8) is 0 Å². The van der Waals surface area contributed by atoms with Crippen molar-refractivity contribution in [3.05, 3.63) is 0 Å². The van der Waals surface area contributed by atoms with Gasteiger partial charge in [-0.1, -0.05) is 91.7 Å². The predicted molar refractivity (Wildman–Crippen MR) is 111 cm³/mol. The van der Waals surface area contributed by atoms with Gasteiger partial charge in [-0.2, -0.15) is 11.8 Å². The minimum absolute atomic E-state index is 0.977. The summed E-state index contributed by atoms with van der Waals surface area (Å²) in [5, 5.41) is 0. The van der Waals surface area contributed by atoms with Crippen molar-refractivity contribution in [2.75, 3.05) is 11.5 Å². The Hall–Kier alpha value is 0.784. The standard InChI is InChI=1S/C18H42SSi2/c1-9-11-13-17(20(3,4)5)15-19-16-18(14-12-10-2)21(6,7)8/h17-18H,9-16H2,1-8H3. The average Bonchev–Trinajstić information content (AvgIpc) is 2.34. The first-order chi connectivity index (χ1) is 9.62. The maximum Gasteiger partial charge on any atom is 0.0482 e. The summed E-state index contributed by atoms with van der Waals surface area (Å²) in [7, 11) is -1.95. The molecule has 3 heteroatoms. The molecule has 0 heterocycles. The third-order valence-electron chi connectivity index (χ3n) is 4.90. The van der Waals surface area contributed by atoms with E-state index in [0.717, 1.165) is 11.1 Å². The van der Waals surface area contributed by atoms with Gasteiger partial charge in [-0.05, 0) is 22.6 Å². The SMILES string of the molecule is CCCCC(CSCC(CCCC)[Si](C)(C)C)[Si](C)(C)C. The Morgan fingerprint density at radius 3 is 1.24 bits per heavy atom. The molecule has 0 saturated carbocycles. The Labute approximate surface area is 142 Å². The van der Waals surface area contributed by atoms with Crippen molar-refractivity contribution in [1.29, 1.82) is 0 Å². The number of hydrogen-bond acceptors (Lipinski definition) is 1. The van der Waals surface area contributed by atoms with Gasteiger partial charge >= 0.3 is 0 Å². The lowest BCUT2D eigenvalue weighted by molar-refractivity contribution is 0.683. The van der Waals surface area contributed by atoms with E-state index in [1.54, 1.807) is 0 Å². The molecule has 0 radical (unpaired) electrons. The number of thioether (sulfide) groups is 1. The van der Waals surface area contributed by atoms with Crippen LogP contribution in [0.25, 0.3) is 0 Å².